The molecule has 146 valence electrons. The Kier molecular flexibility index (Phi) is 6.99. The molecule has 0 amide bonds. The minimum atomic E-state index is -3.61. The zero-order valence-electron chi connectivity index (χ0n) is 15.5. The predicted octanol–water partition coefficient (Wildman–Crippen LogP) is 0.300. The van der Waals surface area contributed by atoms with Gasteiger partial charge in [-0.1, -0.05) is 18.2 Å². The molecule has 2 rings (SSSR count). The SMILES string of the molecule is CN(C)c1ccccc1CN1CCOC(CN(CC(=O)O)S(C)(=O)=O)C1. The van der Waals surface area contributed by atoms with E-state index in [1.54, 1.807) is 0 Å². The zero-order chi connectivity index (χ0) is 19.3. The predicted molar refractivity (Wildman–Crippen MR) is 99.8 cm³/mol. The van der Waals surface area contributed by atoms with Crippen molar-refractivity contribution in [1.82, 2.24) is 9.21 Å². The normalized spacial score (nSPS) is 18.8. The summed E-state index contributed by atoms with van der Waals surface area (Å²) in [7, 11) is 0.387. The number of anilines is 1. The van der Waals surface area contributed by atoms with Gasteiger partial charge in [-0.3, -0.25) is 9.69 Å². The van der Waals surface area contributed by atoms with Crippen LogP contribution in [-0.2, 0) is 26.1 Å². The maximum atomic E-state index is 11.8. The molecule has 1 unspecified atom stereocenters. The van der Waals surface area contributed by atoms with E-state index in [-0.39, 0.29) is 12.6 Å². The summed E-state index contributed by atoms with van der Waals surface area (Å²) in [5.74, 6) is -1.18. The number of ether oxygens (including phenoxy) is 1. The van der Waals surface area contributed by atoms with Crippen LogP contribution in [0.15, 0.2) is 24.3 Å². The highest BCUT2D eigenvalue weighted by molar-refractivity contribution is 7.88. The summed E-state index contributed by atoms with van der Waals surface area (Å²) in [5, 5.41) is 8.94. The van der Waals surface area contributed by atoms with E-state index in [0.29, 0.717) is 13.2 Å². The molecule has 1 aliphatic heterocycles. The minimum Gasteiger partial charge on any atom is -0.480 e. The molecule has 8 nitrogen and oxygen atoms in total. The molecule has 1 aromatic carbocycles. The van der Waals surface area contributed by atoms with E-state index in [1.807, 2.05) is 26.2 Å². The number of benzene rings is 1. The van der Waals surface area contributed by atoms with Gasteiger partial charge >= 0.3 is 5.97 Å². The first-order valence-electron chi connectivity index (χ1n) is 8.43. The Bertz CT molecular complexity index is 723. The van der Waals surface area contributed by atoms with Gasteiger partial charge in [-0.15, -0.1) is 0 Å². The second-order valence-corrected chi connectivity index (χ2v) is 8.68. The van der Waals surface area contributed by atoms with Crippen LogP contribution >= 0.6 is 0 Å². The van der Waals surface area contributed by atoms with Gasteiger partial charge in [0.15, 0.2) is 0 Å². The molecule has 1 fully saturated rings. The smallest absolute Gasteiger partial charge is 0.318 e. The Morgan fingerprint density at radius 2 is 2.04 bits per heavy atom. The van der Waals surface area contributed by atoms with E-state index >= 15 is 0 Å². The van der Waals surface area contributed by atoms with E-state index in [4.69, 9.17) is 9.84 Å². The van der Waals surface area contributed by atoms with Gasteiger partial charge in [0.25, 0.3) is 0 Å². The lowest BCUT2D eigenvalue weighted by Gasteiger charge is -2.35. The highest BCUT2D eigenvalue weighted by Gasteiger charge is 2.28. The van der Waals surface area contributed by atoms with Crippen LogP contribution in [0.4, 0.5) is 5.69 Å². The van der Waals surface area contributed by atoms with Crippen LogP contribution in [0, 0.1) is 0 Å². The molecule has 0 aromatic heterocycles. The molecule has 0 spiro atoms. The first kappa shape index (κ1) is 20.6. The third-order valence-electron chi connectivity index (χ3n) is 4.28. The number of hydrogen-bond donors (Lipinski definition) is 1. The van der Waals surface area contributed by atoms with E-state index in [2.05, 4.69) is 21.9 Å². The lowest BCUT2D eigenvalue weighted by atomic mass is 10.1. The van der Waals surface area contributed by atoms with Gasteiger partial charge in [0.2, 0.25) is 10.0 Å². The van der Waals surface area contributed by atoms with Gasteiger partial charge in [-0.2, -0.15) is 4.31 Å². The molecule has 0 radical (unpaired) electrons. The molecule has 1 atom stereocenters. The summed E-state index contributed by atoms with van der Waals surface area (Å²) in [6.45, 7) is 1.99. The van der Waals surface area contributed by atoms with Crippen molar-refractivity contribution >= 4 is 21.7 Å². The van der Waals surface area contributed by atoms with Gasteiger partial charge in [-0.05, 0) is 11.6 Å². The van der Waals surface area contributed by atoms with Crippen LogP contribution < -0.4 is 4.90 Å². The summed E-state index contributed by atoms with van der Waals surface area (Å²) in [6.07, 6.45) is 0.661. The fourth-order valence-electron chi connectivity index (χ4n) is 3.05. The van der Waals surface area contributed by atoms with Crippen molar-refractivity contribution in [3.05, 3.63) is 29.8 Å². The van der Waals surface area contributed by atoms with Crippen LogP contribution in [0.3, 0.4) is 0 Å². The summed E-state index contributed by atoms with van der Waals surface area (Å²) in [4.78, 5) is 15.2. The summed E-state index contributed by atoms with van der Waals surface area (Å²) in [5.41, 5.74) is 2.32. The van der Waals surface area contributed by atoms with E-state index in [1.165, 1.54) is 5.56 Å². The largest absolute Gasteiger partial charge is 0.480 e. The fraction of sp³-hybridized carbons (Fsp3) is 0.588. The molecule has 0 aliphatic carbocycles. The minimum absolute atomic E-state index is 0.0387. The van der Waals surface area contributed by atoms with E-state index < -0.39 is 22.5 Å². The summed E-state index contributed by atoms with van der Waals surface area (Å²) >= 11 is 0. The van der Waals surface area contributed by atoms with Gasteiger partial charge in [0.1, 0.15) is 6.54 Å². The van der Waals surface area contributed by atoms with Crippen LogP contribution in [-0.4, -0.2) is 87.9 Å². The fourth-order valence-corrected chi connectivity index (χ4v) is 3.83. The molecule has 1 heterocycles. The Hall–Kier alpha value is -1.68. The molecule has 1 aliphatic rings. The number of nitrogens with zero attached hydrogens (tertiary/aromatic N) is 3. The maximum absolute atomic E-state index is 11.8. The van der Waals surface area contributed by atoms with Crippen molar-refractivity contribution in [1.29, 1.82) is 0 Å². The number of sulfonamides is 1. The number of para-hydroxylation sites is 1. The average molecular weight is 385 g/mol. The van der Waals surface area contributed by atoms with Crippen molar-refractivity contribution in [3.63, 3.8) is 0 Å². The number of rotatable bonds is 8. The Morgan fingerprint density at radius 3 is 2.65 bits per heavy atom. The second-order valence-electron chi connectivity index (χ2n) is 6.70. The number of morpholine rings is 1. The number of hydrogen-bond acceptors (Lipinski definition) is 6. The molecule has 0 saturated carbocycles. The first-order valence-corrected chi connectivity index (χ1v) is 10.3. The standard InChI is InChI=1S/C17H27N3O5S/c1-18(2)16-7-5-4-6-14(16)10-19-8-9-25-15(11-19)12-20(13-17(21)22)26(3,23)24/h4-7,15H,8-13H2,1-3H3,(H,21,22). The van der Waals surface area contributed by atoms with Gasteiger partial charge in [0.05, 0.1) is 19.0 Å². The van der Waals surface area contributed by atoms with E-state index in [0.717, 1.165) is 29.3 Å². The van der Waals surface area contributed by atoms with Gasteiger partial charge < -0.3 is 14.7 Å². The number of carboxylic acid groups (broad SMARTS) is 1. The molecular formula is C17H27N3O5S. The number of carboxylic acids is 1. The van der Waals surface area contributed by atoms with Crippen molar-refractivity contribution < 1.29 is 23.1 Å². The van der Waals surface area contributed by atoms with Gasteiger partial charge in [-0.25, -0.2) is 8.42 Å². The van der Waals surface area contributed by atoms with Crippen LogP contribution in [0.5, 0.6) is 0 Å². The second kappa shape index (κ2) is 8.81. The summed E-state index contributed by atoms with van der Waals surface area (Å²) in [6, 6.07) is 8.13. The Morgan fingerprint density at radius 1 is 1.35 bits per heavy atom. The first-order chi connectivity index (χ1) is 12.2. The number of aliphatic carboxylic acids is 1. The van der Waals surface area contributed by atoms with Crippen molar-refractivity contribution in [2.45, 2.75) is 12.6 Å². The van der Waals surface area contributed by atoms with Crippen molar-refractivity contribution in [2.24, 2.45) is 0 Å². The molecule has 9 heteroatoms. The Labute approximate surface area is 155 Å². The third-order valence-corrected chi connectivity index (χ3v) is 5.49. The monoisotopic (exact) mass is 385 g/mol. The van der Waals surface area contributed by atoms with Crippen molar-refractivity contribution in [3.8, 4) is 0 Å². The maximum Gasteiger partial charge on any atom is 0.318 e. The molecule has 1 N–H and O–H groups in total. The third kappa shape index (κ3) is 5.94. The van der Waals surface area contributed by atoms with Crippen molar-refractivity contribution in [2.75, 3.05) is 58.0 Å². The van der Waals surface area contributed by atoms with Crippen LogP contribution in [0.1, 0.15) is 5.56 Å². The average Bonchev–Trinajstić information content (AvgIpc) is 2.53. The van der Waals surface area contributed by atoms with Crippen LogP contribution in [0.25, 0.3) is 0 Å². The summed E-state index contributed by atoms with van der Waals surface area (Å²) < 4.78 is 30.3. The molecule has 26 heavy (non-hydrogen) atoms. The Balaban J connectivity index is 2.04. The molecular weight excluding hydrogens is 358 g/mol. The van der Waals surface area contributed by atoms with E-state index in [9.17, 15) is 13.2 Å². The molecule has 1 saturated heterocycles. The molecule has 0 bridgehead atoms. The zero-order valence-corrected chi connectivity index (χ0v) is 16.3. The van der Waals surface area contributed by atoms with Gasteiger partial charge in [0, 0.05) is 46.0 Å². The topological polar surface area (TPSA) is 90.4 Å². The lowest BCUT2D eigenvalue weighted by Crippen LogP contribution is -2.49. The highest BCUT2D eigenvalue weighted by atomic mass is 32.2. The number of carbonyl (C=O) groups is 1. The van der Waals surface area contributed by atoms with Crippen LogP contribution in [0.2, 0.25) is 0 Å². The highest BCUT2D eigenvalue weighted by Crippen LogP contribution is 2.21. The quantitative estimate of drug-likeness (QED) is 0.688. The lowest BCUT2D eigenvalue weighted by molar-refractivity contribution is -0.137. The molecule has 1 aromatic rings.